The predicted octanol–water partition coefficient (Wildman–Crippen LogP) is 18.6. The number of nitrogens with zero attached hydrogens (tertiary/aromatic N) is 7. The first kappa shape index (κ1) is 93.7. The Balaban J connectivity index is -0.000000308. The number of rotatable bonds is 14. The summed E-state index contributed by atoms with van der Waals surface area (Å²) in [7, 11) is 5.57. The number of imidazole rings is 3. The molecule has 8 N–H and O–H groups in total. The molecule has 0 unspecified atom stereocenters. The summed E-state index contributed by atoms with van der Waals surface area (Å²) in [6.45, 7) is 36.7. The number of hydrogen-bond acceptors (Lipinski definition) is 11. The molecule has 16 heteroatoms. The lowest BCUT2D eigenvalue weighted by Crippen LogP contribution is -2.18. The van der Waals surface area contributed by atoms with Gasteiger partial charge in [-0.3, -0.25) is 19.2 Å². The Labute approximate surface area is 610 Å². The molecule has 16 nitrogen and oxygen atoms in total. The van der Waals surface area contributed by atoms with Crippen LogP contribution in [0.5, 0.6) is 0 Å². The minimum absolute atomic E-state index is 0. The van der Waals surface area contributed by atoms with Crippen LogP contribution in [0.25, 0.3) is 17.1 Å². The molecule has 0 saturated carbocycles. The van der Waals surface area contributed by atoms with Crippen LogP contribution < -0.4 is 27.8 Å². The summed E-state index contributed by atoms with van der Waals surface area (Å²) in [6, 6.07) is 44.8. The first-order valence-corrected chi connectivity index (χ1v) is 35.0. The van der Waals surface area contributed by atoms with E-state index in [0.717, 1.165) is 51.6 Å². The zero-order chi connectivity index (χ0) is 76.8. The Morgan fingerprint density at radius 3 is 1.38 bits per heavy atom. The van der Waals surface area contributed by atoms with Crippen LogP contribution in [0.1, 0.15) is 204 Å². The number of ketones is 2. The van der Waals surface area contributed by atoms with Gasteiger partial charge in [-0.2, -0.15) is 0 Å². The van der Waals surface area contributed by atoms with Crippen molar-refractivity contribution in [3.05, 3.63) is 282 Å². The lowest BCUT2D eigenvalue weighted by molar-refractivity contribution is 0.0955. The van der Waals surface area contributed by atoms with Crippen molar-refractivity contribution in [2.45, 2.75) is 144 Å². The highest BCUT2D eigenvalue weighted by Crippen LogP contribution is 2.19. The number of allylic oxidation sites excluding steroid dienone is 3. The maximum atomic E-state index is 12.8. The second-order valence-electron chi connectivity index (χ2n) is 18.3. The number of carbonyl (C=O) groups is 4. The average Bonchev–Trinajstić information content (AvgIpc) is 1.64. The number of amides is 2. The highest BCUT2D eigenvalue weighted by molar-refractivity contribution is 6.04. The highest BCUT2D eigenvalue weighted by Gasteiger charge is 2.14. The molecule has 101 heavy (non-hydrogen) atoms. The lowest BCUT2D eigenvalue weighted by Gasteiger charge is -2.13. The van der Waals surface area contributed by atoms with Gasteiger partial charge in [-0.15, -0.1) is 0 Å². The van der Waals surface area contributed by atoms with Crippen LogP contribution in [-0.4, -0.2) is 78.1 Å². The normalized spacial score (nSPS) is 9.17. The molecule has 3 heterocycles. The topological polar surface area (TPSA) is 227 Å². The molecule has 0 radical (unpaired) electrons. The Bertz CT molecular complexity index is 4020. The minimum atomic E-state index is -0.275. The summed E-state index contributed by atoms with van der Waals surface area (Å²) in [5, 5.41) is 5.39. The summed E-state index contributed by atoms with van der Waals surface area (Å²) < 4.78 is 5.65. The molecule has 0 saturated heterocycles. The van der Waals surface area contributed by atoms with E-state index in [2.05, 4.69) is 70.6 Å². The van der Waals surface area contributed by atoms with Crippen LogP contribution in [0.2, 0.25) is 0 Å². The molecule has 0 aliphatic carbocycles. The number of nitrogens with two attached hydrogens (primary N) is 3. The van der Waals surface area contributed by atoms with E-state index < -0.39 is 0 Å². The summed E-state index contributed by atoms with van der Waals surface area (Å²) in [5.74, 6) is 17.8. The van der Waals surface area contributed by atoms with E-state index in [4.69, 9.17) is 17.2 Å². The van der Waals surface area contributed by atoms with Gasteiger partial charge in [-0.25, -0.2) is 15.0 Å². The van der Waals surface area contributed by atoms with Crippen molar-refractivity contribution in [1.29, 1.82) is 0 Å². The summed E-state index contributed by atoms with van der Waals surface area (Å²) in [5.41, 5.74) is 25.5. The smallest absolute Gasteiger partial charge is 0.271 e. The number of benzene rings is 6. The standard InChI is InChI=1S/C24H24N4O.C22H19N5O2.C21H17N3O.9C2H6.3H2/c1-27(2)18-24-26-13-14-28(24)22-11-6-9-20(16-22)17-23(29)21-10-5-8-19(15-21)7-3-4-12-25;1-24-22(29)20-14-27(15-25-20)19-10-5-8-17(13-19)21(28)26-18-9-4-7-16(12-18)6-2-3-11-23;22-10-2-1-5-17-6-3-8-19(13-17)21(25)15-18-7-4-9-20(14-18)24-12-11-23-16-24;9*1-2;;;/h4-6,8-16H,17-18,25H2,1-2H3;3-5,7-15H,23H2,1H3,(H,24,29)(H,26,28);2-4,6-14,16H,15,22H2;9*1-2H3;3*1H/b12-4+;11-3+;10-2+;;;;;;;;;;;;/i;;;;;;;;;;;;3*1+2. The maximum Gasteiger partial charge on any atom is 0.271 e. The summed E-state index contributed by atoms with van der Waals surface area (Å²) >= 11 is 0. The van der Waals surface area contributed by atoms with Gasteiger partial charge in [0.15, 0.2) is 11.6 Å². The second kappa shape index (κ2) is 60.9. The number of aromatic nitrogens is 6. The Morgan fingerprint density at radius 2 is 0.911 bits per heavy atom. The quantitative estimate of drug-likeness (QED) is 0.0508. The fourth-order valence-electron chi connectivity index (χ4n) is 8.05. The van der Waals surface area contributed by atoms with Crippen molar-refractivity contribution in [3.8, 4) is 52.6 Å². The van der Waals surface area contributed by atoms with Crippen LogP contribution >= 0.6 is 0 Å². The predicted molar refractivity (Wildman–Crippen MR) is 434 cm³/mol. The number of anilines is 1. The molecule has 0 bridgehead atoms. The van der Waals surface area contributed by atoms with Gasteiger partial charge in [0.1, 0.15) is 17.8 Å². The van der Waals surface area contributed by atoms with Gasteiger partial charge in [-0.05, 0) is 110 Å². The van der Waals surface area contributed by atoms with Crippen LogP contribution in [0.15, 0.2) is 226 Å². The molecule has 0 spiro atoms. The monoisotopic (exact) mass is 1380 g/mol. The van der Waals surface area contributed by atoms with Crippen molar-refractivity contribution >= 4 is 29.1 Å². The van der Waals surface area contributed by atoms with Gasteiger partial charge >= 0.3 is 0 Å². The zero-order valence-electron chi connectivity index (χ0n) is 64.0. The fourth-order valence-corrected chi connectivity index (χ4v) is 8.05. The molecule has 0 aliphatic heterocycles. The third-order valence-corrected chi connectivity index (χ3v) is 11.9. The van der Waals surface area contributed by atoms with Crippen molar-refractivity contribution in [2.75, 3.05) is 26.5 Å². The van der Waals surface area contributed by atoms with E-state index in [0.29, 0.717) is 46.6 Å². The van der Waals surface area contributed by atoms with Crippen LogP contribution in [-0.2, 0) is 19.4 Å². The average molecular weight is 1380 g/mol. The molecule has 0 aliphatic rings. The van der Waals surface area contributed by atoms with E-state index in [-0.39, 0.29) is 27.7 Å². The molecule has 3 aromatic heterocycles. The molecule has 9 rings (SSSR count). The summed E-state index contributed by atoms with van der Waals surface area (Å²) in [6.07, 6.45) is 21.7. The largest absolute Gasteiger partial charge is 0.404 e. The number of Topliss-reactive ketones (excluding diaryl/α,β-unsaturated/α-hetero) is 2. The van der Waals surface area contributed by atoms with E-state index in [1.165, 1.54) is 24.9 Å². The molecular weight excluding hydrogens is 1250 g/mol. The Hall–Kier alpha value is -11.5. The van der Waals surface area contributed by atoms with E-state index in [9.17, 15) is 19.2 Å². The van der Waals surface area contributed by atoms with Gasteiger partial charge in [-0.1, -0.05) is 221 Å². The minimum Gasteiger partial charge on any atom is -0.404 e. The van der Waals surface area contributed by atoms with Crippen molar-refractivity contribution in [2.24, 2.45) is 17.2 Å². The fraction of sp³-hybridized carbons (Fsp3) is 0.282. The molecule has 9 aromatic rings. The molecular formula is C85H120N12O4. The summed E-state index contributed by atoms with van der Waals surface area (Å²) in [4.78, 5) is 64.4. The molecule has 6 aromatic carbocycles. The molecule has 0 atom stereocenters. The van der Waals surface area contributed by atoms with Crippen molar-refractivity contribution in [3.63, 3.8) is 0 Å². The first-order valence-electron chi connectivity index (χ1n) is 35.0. The van der Waals surface area contributed by atoms with Gasteiger partial charge in [0.05, 0.1) is 12.9 Å². The van der Waals surface area contributed by atoms with Crippen molar-refractivity contribution in [1.82, 2.24) is 38.9 Å². The number of hydrogen-bond donors (Lipinski definition) is 5. The lowest BCUT2D eigenvalue weighted by atomic mass is 10.0. The van der Waals surface area contributed by atoms with Crippen LogP contribution in [0, 0.1) is 35.5 Å². The van der Waals surface area contributed by atoms with Gasteiger partial charge in [0.2, 0.25) is 0 Å². The van der Waals surface area contributed by atoms with Crippen LogP contribution in [0.3, 0.4) is 0 Å². The third-order valence-electron chi connectivity index (χ3n) is 11.9. The van der Waals surface area contributed by atoms with Crippen LogP contribution in [0.4, 0.5) is 5.69 Å². The van der Waals surface area contributed by atoms with E-state index >= 15 is 0 Å². The van der Waals surface area contributed by atoms with Gasteiger partial charge in [0.25, 0.3) is 11.8 Å². The third kappa shape index (κ3) is 36.1. The van der Waals surface area contributed by atoms with E-state index in [1.54, 1.807) is 91.2 Å². The highest BCUT2D eigenvalue weighted by atomic mass is 16.2. The van der Waals surface area contributed by atoms with Gasteiger partial charge in [0, 0.05) is 148 Å². The Morgan fingerprint density at radius 1 is 0.475 bits per heavy atom. The second-order valence-corrected chi connectivity index (χ2v) is 18.3. The number of nitrogens with one attached hydrogen (secondary N) is 2. The maximum absolute atomic E-state index is 12.8. The zero-order valence-corrected chi connectivity index (χ0v) is 64.0. The SMILES string of the molecule is CC.CC.CC.CC.CC.CC.CC.CC.CC.CN(C)Cc1nccn1-c1cccc(CC(=O)c2cccc(C#C/C=C/N)c2)c1.CNC(=O)c1cn(-c2cccc(C(=O)Nc3cccc(C#C/C=C/N)c3)c2)cn1.N/C=C/C#Cc1cccc(C(=O)Cc2cccc(-n3ccnc3)c2)c1.[3HH].[3HH].[3HH]. The molecule has 2 amide bonds. The van der Waals surface area contributed by atoms with Crippen molar-refractivity contribution < 1.29 is 23.5 Å². The Kier molecular flexibility index (Phi) is 56.5. The molecule has 544 valence electrons. The van der Waals surface area contributed by atoms with E-state index in [1.807, 2.05) is 265 Å². The number of carbonyl (C=O) groups excluding carboxylic acids is 4. The molecule has 0 fully saturated rings. The first-order chi connectivity index (χ1) is 49.4. The van der Waals surface area contributed by atoms with Gasteiger partial charge < -0.3 is 46.4 Å².